The summed E-state index contributed by atoms with van der Waals surface area (Å²) in [5.41, 5.74) is 4.64. The predicted octanol–water partition coefficient (Wildman–Crippen LogP) is 4.29. The third-order valence-corrected chi connectivity index (χ3v) is 4.51. The van der Waals surface area contributed by atoms with Gasteiger partial charge in [0.2, 0.25) is 0 Å². The number of benzene rings is 1. The van der Waals surface area contributed by atoms with Crippen molar-refractivity contribution in [2.45, 2.75) is 39.7 Å². The molecule has 3 rings (SSSR count). The van der Waals surface area contributed by atoms with Crippen molar-refractivity contribution in [2.24, 2.45) is 0 Å². The van der Waals surface area contributed by atoms with E-state index < -0.39 is 0 Å². The number of aromatic amines is 1. The maximum absolute atomic E-state index is 6.37. The first-order valence-electron chi connectivity index (χ1n) is 8.44. The Kier molecular flexibility index (Phi) is 5.23. The minimum absolute atomic E-state index is 0.647. The van der Waals surface area contributed by atoms with Crippen molar-refractivity contribution >= 4 is 11.6 Å². The average Bonchev–Trinajstić information content (AvgIpc) is 2.97. The molecule has 1 aliphatic rings. The Morgan fingerprint density at radius 2 is 2.17 bits per heavy atom. The van der Waals surface area contributed by atoms with Crippen LogP contribution >= 0.6 is 11.6 Å². The Morgan fingerprint density at radius 1 is 1.30 bits per heavy atom. The van der Waals surface area contributed by atoms with Gasteiger partial charge in [-0.2, -0.15) is 5.10 Å². The summed E-state index contributed by atoms with van der Waals surface area (Å²) < 4.78 is 5.65. The minimum Gasteiger partial charge on any atom is -0.492 e. The Labute approximate surface area is 142 Å². The number of aromatic nitrogens is 2. The summed E-state index contributed by atoms with van der Waals surface area (Å²) in [5.74, 6) is 0.745. The van der Waals surface area contributed by atoms with Crippen molar-refractivity contribution in [3.8, 4) is 17.0 Å². The zero-order valence-electron chi connectivity index (χ0n) is 13.9. The molecule has 124 valence electrons. The molecule has 0 atom stereocenters. The predicted molar refractivity (Wildman–Crippen MR) is 94.1 cm³/mol. The lowest BCUT2D eigenvalue weighted by molar-refractivity contribution is 0.254. The van der Waals surface area contributed by atoms with Crippen LogP contribution in [0.15, 0.2) is 18.2 Å². The van der Waals surface area contributed by atoms with Crippen LogP contribution in [0.5, 0.6) is 5.75 Å². The summed E-state index contributed by atoms with van der Waals surface area (Å²) in [6.07, 6.45) is 3.18. The summed E-state index contributed by atoms with van der Waals surface area (Å²) in [5, 5.41) is 8.40. The number of nitrogens with zero attached hydrogens (tertiary/aromatic N) is 2. The number of nitrogens with one attached hydrogen (secondary N) is 1. The molecular formula is C18H24ClN3O. The maximum Gasteiger partial charge on any atom is 0.137 e. The molecule has 0 unspecified atom stereocenters. The molecule has 1 aromatic heterocycles. The molecule has 4 nitrogen and oxygen atoms in total. The molecule has 2 heterocycles. The fourth-order valence-corrected chi connectivity index (χ4v) is 3.31. The number of fused-ring (bicyclic) bond motifs is 1. The molecule has 0 bridgehead atoms. The number of rotatable bonds is 6. The van der Waals surface area contributed by atoms with E-state index in [0.717, 1.165) is 49.5 Å². The van der Waals surface area contributed by atoms with E-state index in [9.17, 15) is 0 Å². The number of hydrogen-bond acceptors (Lipinski definition) is 3. The van der Waals surface area contributed by atoms with E-state index in [1.807, 2.05) is 18.2 Å². The number of ether oxygens (including phenoxy) is 1. The molecule has 0 aliphatic carbocycles. The maximum atomic E-state index is 6.37. The first kappa shape index (κ1) is 16.3. The van der Waals surface area contributed by atoms with Crippen LogP contribution in [-0.4, -0.2) is 34.8 Å². The van der Waals surface area contributed by atoms with Crippen molar-refractivity contribution in [3.05, 3.63) is 34.5 Å². The van der Waals surface area contributed by atoms with Gasteiger partial charge in [0.05, 0.1) is 17.3 Å². The lowest BCUT2D eigenvalue weighted by Crippen LogP contribution is -2.31. The highest BCUT2D eigenvalue weighted by Gasteiger charge is 2.22. The van der Waals surface area contributed by atoms with Gasteiger partial charge in [0.1, 0.15) is 5.75 Å². The third-order valence-electron chi connectivity index (χ3n) is 4.22. The highest BCUT2D eigenvalue weighted by Crippen LogP contribution is 2.33. The van der Waals surface area contributed by atoms with Crippen LogP contribution in [0.1, 0.15) is 37.9 Å². The van der Waals surface area contributed by atoms with Gasteiger partial charge in [-0.15, -0.1) is 0 Å². The van der Waals surface area contributed by atoms with Gasteiger partial charge in [-0.25, -0.2) is 0 Å². The van der Waals surface area contributed by atoms with Gasteiger partial charge in [-0.1, -0.05) is 25.4 Å². The van der Waals surface area contributed by atoms with Crippen LogP contribution < -0.4 is 4.74 Å². The number of H-pyrrole nitrogens is 1. The van der Waals surface area contributed by atoms with Gasteiger partial charge in [-0.05, 0) is 37.6 Å². The van der Waals surface area contributed by atoms with Crippen molar-refractivity contribution in [3.63, 3.8) is 0 Å². The molecule has 0 amide bonds. The van der Waals surface area contributed by atoms with Crippen molar-refractivity contribution in [2.75, 3.05) is 19.7 Å². The van der Waals surface area contributed by atoms with Crippen LogP contribution in [0.2, 0.25) is 5.02 Å². The zero-order valence-corrected chi connectivity index (χ0v) is 14.6. The second kappa shape index (κ2) is 7.37. The van der Waals surface area contributed by atoms with Crippen LogP contribution in [0.4, 0.5) is 0 Å². The summed E-state index contributed by atoms with van der Waals surface area (Å²) in [6.45, 7) is 8.19. The Morgan fingerprint density at radius 3 is 2.91 bits per heavy atom. The van der Waals surface area contributed by atoms with Crippen LogP contribution in [0, 0.1) is 0 Å². The molecule has 1 aliphatic heterocycles. The van der Waals surface area contributed by atoms with Gasteiger partial charge in [0.25, 0.3) is 0 Å². The van der Waals surface area contributed by atoms with E-state index in [2.05, 4.69) is 28.9 Å². The molecule has 23 heavy (non-hydrogen) atoms. The second-order valence-corrected chi connectivity index (χ2v) is 6.46. The first-order valence-corrected chi connectivity index (χ1v) is 8.81. The van der Waals surface area contributed by atoms with E-state index in [-0.39, 0.29) is 0 Å². The van der Waals surface area contributed by atoms with Gasteiger partial charge >= 0.3 is 0 Å². The third kappa shape index (κ3) is 3.54. The van der Waals surface area contributed by atoms with Crippen LogP contribution in [-0.2, 0) is 13.0 Å². The van der Waals surface area contributed by atoms with Gasteiger partial charge in [0, 0.05) is 36.3 Å². The zero-order chi connectivity index (χ0) is 16.2. The minimum atomic E-state index is 0.647. The quantitative estimate of drug-likeness (QED) is 0.857. The fourth-order valence-electron chi connectivity index (χ4n) is 3.07. The summed E-state index contributed by atoms with van der Waals surface area (Å²) in [4.78, 5) is 2.49. The van der Waals surface area contributed by atoms with Crippen molar-refractivity contribution in [1.29, 1.82) is 0 Å². The number of halogens is 1. The Balaban J connectivity index is 1.85. The topological polar surface area (TPSA) is 41.1 Å². The molecule has 5 heteroatoms. The lowest BCUT2D eigenvalue weighted by atomic mass is 10.0. The van der Waals surface area contributed by atoms with Crippen molar-refractivity contribution < 1.29 is 4.74 Å². The average molecular weight is 334 g/mol. The highest BCUT2D eigenvalue weighted by molar-refractivity contribution is 6.32. The summed E-state index contributed by atoms with van der Waals surface area (Å²) in [6, 6.07) is 5.95. The normalized spacial score (nSPS) is 14.7. The molecule has 0 fully saturated rings. The summed E-state index contributed by atoms with van der Waals surface area (Å²) >= 11 is 6.37. The smallest absolute Gasteiger partial charge is 0.137 e. The fraction of sp³-hybridized carbons (Fsp3) is 0.500. The van der Waals surface area contributed by atoms with E-state index in [1.54, 1.807) is 0 Å². The van der Waals surface area contributed by atoms with Gasteiger partial charge in [-0.3, -0.25) is 10.00 Å². The highest BCUT2D eigenvalue weighted by atomic mass is 35.5. The molecule has 2 aromatic rings. The number of hydrogen-bond donors (Lipinski definition) is 1. The Hall–Kier alpha value is -1.52. The van der Waals surface area contributed by atoms with E-state index in [4.69, 9.17) is 16.3 Å². The summed E-state index contributed by atoms with van der Waals surface area (Å²) in [7, 11) is 0. The van der Waals surface area contributed by atoms with Gasteiger partial charge < -0.3 is 4.74 Å². The monoisotopic (exact) mass is 333 g/mol. The van der Waals surface area contributed by atoms with E-state index in [1.165, 1.54) is 17.7 Å². The van der Waals surface area contributed by atoms with E-state index in [0.29, 0.717) is 11.6 Å². The first-order chi connectivity index (χ1) is 11.2. The molecular weight excluding hydrogens is 310 g/mol. The SMILES string of the molecule is CCCOc1ccc(-c2n[nH]c3c2CN(CCC)CC3)cc1Cl. The molecule has 0 radical (unpaired) electrons. The van der Waals surface area contributed by atoms with Crippen molar-refractivity contribution in [1.82, 2.24) is 15.1 Å². The van der Waals surface area contributed by atoms with Gasteiger partial charge in [0.15, 0.2) is 0 Å². The molecule has 0 saturated carbocycles. The molecule has 1 N–H and O–H groups in total. The van der Waals surface area contributed by atoms with E-state index >= 15 is 0 Å². The van der Waals surface area contributed by atoms with Crippen LogP contribution in [0.3, 0.4) is 0 Å². The largest absolute Gasteiger partial charge is 0.492 e. The molecule has 0 spiro atoms. The molecule has 0 saturated heterocycles. The molecule has 1 aromatic carbocycles. The second-order valence-electron chi connectivity index (χ2n) is 6.05. The lowest BCUT2D eigenvalue weighted by Gasteiger charge is -2.26. The standard InChI is InChI=1S/C18H24ClN3O/c1-3-8-22-9-7-16-14(12-22)18(21-20-16)13-5-6-17(15(19)11-13)23-10-4-2/h5-6,11H,3-4,7-10,12H2,1-2H3,(H,20,21). The Bertz CT molecular complexity index is 668. The van der Waals surface area contributed by atoms with Crippen LogP contribution in [0.25, 0.3) is 11.3 Å².